The van der Waals surface area contributed by atoms with Crippen LogP contribution in [-0.2, 0) is 0 Å². The average Bonchev–Trinajstić information content (AvgIpc) is 2.88. The Labute approximate surface area is 80.3 Å². The highest BCUT2D eigenvalue weighted by atomic mass is 16.5. The minimum atomic E-state index is 1.00. The quantitative estimate of drug-likeness (QED) is 0.631. The van der Waals surface area contributed by atoms with Gasteiger partial charge in [0.05, 0.1) is 6.20 Å². The second-order valence-electron chi connectivity index (χ2n) is 3.19. The summed E-state index contributed by atoms with van der Waals surface area (Å²) in [6.07, 6.45) is 5.29. The van der Waals surface area contributed by atoms with Crippen LogP contribution in [0, 0.1) is 0 Å². The molecule has 3 heteroatoms. The van der Waals surface area contributed by atoms with Gasteiger partial charge >= 0.3 is 0 Å². The molecule has 3 aromatic rings. The van der Waals surface area contributed by atoms with E-state index in [4.69, 9.17) is 4.52 Å². The zero-order valence-corrected chi connectivity index (χ0v) is 7.40. The fourth-order valence-electron chi connectivity index (χ4n) is 1.57. The number of hydrogen-bond donors (Lipinski definition) is 1. The van der Waals surface area contributed by atoms with Crippen molar-refractivity contribution in [2.75, 3.05) is 0 Å². The summed E-state index contributed by atoms with van der Waals surface area (Å²) < 4.78 is 4.80. The van der Waals surface area contributed by atoms with Gasteiger partial charge in [-0.25, -0.2) is 0 Å². The number of aromatic amines is 1. The van der Waals surface area contributed by atoms with Crippen LogP contribution < -0.4 is 0 Å². The van der Waals surface area contributed by atoms with Crippen LogP contribution in [0.15, 0.2) is 47.4 Å². The maximum atomic E-state index is 4.80. The number of benzene rings is 1. The van der Waals surface area contributed by atoms with E-state index < -0.39 is 0 Å². The Hall–Kier alpha value is -2.03. The zero-order chi connectivity index (χ0) is 9.38. The molecule has 0 bridgehead atoms. The first-order valence-corrected chi connectivity index (χ1v) is 4.40. The van der Waals surface area contributed by atoms with E-state index >= 15 is 0 Å². The van der Waals surface area contributed by atoms with Gasteiger partial charge in [0.1, 0.15) is 6.26 Å². The van der Waals surface area contributed by atoms with Crippen LogP contribution in [0.25, 0.3) is 22.0 Å². The van der Waals surface area contributed by atoms with Crippen LogP contribution >= 0.6 is 0 Å². The molecule has 68 valence electrons. The Morgan fingerprint density at radius 2 is 2.14 bits per heavy atom. The molecule has 0 aliphatic carbocycles. The number of aromatic nitrogens is 2. The van der Waals surface area contributed by atoms with Crippen molar-refractivity contribution in [1.82, 2.24) is 10.1 Å². The van der Waals surface area contributed by atoms with Crippen molar-refractivity contribution in [2.45, 2.75) is 0 Å². The highest BCUT2D eigenvalue weighted by molar-refractivity contribution is 5.84. The number of fused-ring (bicyclic) bond motifs is 1. The highest BCUT2D eigenvalue weighted by Crippen LogP contribution is 2.22. The van der Waals surface area contributed by atoms with Crippen LogP contribution in [0.5, 0.6) is 0 Å². The lowest BCUT2D eigenvalue weighted by Gasteiger charge is -1.95. The van der Waals surface area contributed by atoms with Gasteiger partial charge in [-0.15, -0.1) is 0 Å². The summed E-state index contributed by atoms with van der Waals surface area (Å²) in [5.74, 6) is 0. The van der Waals surface area contributed by atoms with E-state index in [1.165, 1.54) is 5.39 Å². The molecule has 0 fully saturated rings. The smallest absolute Gasteiger partial charge is 0.131 e. The Morgan fingerprint density at radius 3 is 3.00 bits per heavy atom. The van der Waals surface area contributed by atoms with Crippen LogP contribution in [0.1, 0.15) is 0 Å². The van der Waals surface area contributed by atoms with Crippen molar-refractivity contribution in [3.05, 3.63) is 42.9 Å². The van der Waals surface area contributed by atoms with Gasteiger partial charge in [-0.1, -0.05) is 17.3 Å². The molecule has 0 aliphatic heterocycles. The molecule has 0 spiro atoms. The monoisotopic (exact) mass is 184 g/mol. The molecule has 0 saturated heterocycles. The van der Waals surface area contributed by atoms with Gasteiger partial charge in [-0.3, -0.25) is 0 Å². The van der Waals surface area contributed by atoms with Gasteiger partial charge in [-0.2, -0.15) is 0 Å². The third-order valence-electron chi connectivity index (χ3n) is 2.32. The Balaban J connectivity index is 2.23. The summed E-state index contributed by atoms with van der Waals surface area (Å²) in [4.78, 5) is 3.17. The molecule has 0 unspecified atom stereocenters. The molecule has 2 aromatic heterocycles. The summed E-state index contributed by atoms with van der Waals surface area (Å²) in [7, 11) is 0. The SMILES string of the molecule is c1cc2ccc(-c3cnoc3)cc2[nH]1. The third-order valence-corrected chi connectivity index (χ3v) is 2.32. The molecule has 0 saturated carbocycles. The number of nitrogens with zero attached hydrogens (tertiary/aromatic N) is 1. The van der Waals surface area contributed by atoms with Crippen LogP contribution in [-0.4, -0.2) is 10.1 Å². The van der Waals surface area contributed by atoms with Crippen molar-refractivity contribution in [1.29, 1.82) is 0 Å². The molecule has 0 aliphatic rings. The van der Waals surface area contributed by atoms with Gasteiger partial charge < -0.3 is 9.51 Å². The van der Waals surface area contributed by atoms with E-state index in [9.17, 15) is 0 Å². The van der Waals surface area contributed by atoms with E-state index in [0.29, 0.717) is 0 Å². The fraction of sp³-hybridized carbons (Fsp3) is 0. The highest BCUT2D eigenvalue weighted by Gasteiger charge is 2.01. The van der Waals surface area contributed by atoms with Gasteiger partial charge in [0, 0.05) is 17.3 Å². The molecule has 1 aromatic carbocycles. The summed E-state index contributed by atoms with van der Waals surface area (Å²) in [5, 5.41) is 4.89. The number of hydrogen-bond acceptors (Lipinski definition) is 2. The van der Waals surface area contributed by atoms with E-state index in [0.717, 1.165) is 16.6 Å². The standard InChI is InChI=1S/C11H8N2O/c1-2-9(10-6-13-14-7-10)5-11-8(1)3-4-12-11/h1-7,12H. The molecule has 14 heavy (non-hydrogen) atoms. The third kappa shape index (κ3) is 1.03. The van der Waals surface area contributed by atoms with E-state index in [2.05, 4.69) is 28.3 Å². The minimum Gasteiger partial charge on any atom is -0.364 e. The lowest BCUT2D eigenvalue weighted by Crippen LogP contribution is -1.74. The zero-order valence-electron chi connectivity index (χ0n) is 7.40. The molecule has 1 N–H and O–H groups in total. The molecular weight excluding hydrogens is 176 g/mol. The maximum Gasteiger partial charge on any atom is 0.131 e. The molecule has 0 radical (unpaired) electrons. The van der Waals surface area contributed by atoms with Crippen molar-refractivity contribution in [3.63, 3.8) is 0 Å². The van der Waals surface area contributed by atoms with Gasteiger partial charge in [-0.05, 0) is 23.1 Å². The second-order valence-corrected chi connectivity index (χ2v) is 3.19. The van der Waals surface area contributed by atoms with Crippen molar-refractivity contribution in [3.8, 4) is 11.1 Å². The van der Waals surface area contributed by atoms with Crippen LogP contribution in [0.3, 0.4) is 0 Å². The van der Waals surface area contributed by atoms with Crippen molar-refractivity contribution >= 4 is 10.9 Å². The predicted octanol–water partition coefficient (Wildman–Crippen LogP) is 2.82. The average molecular weight is 184 g/mol. The topological polar surface area (TPSA) is 41.8 Å². The molecule has 3 rings (SSSR count). The van der Waals surface area contributed by atoms with Crippen LogP contribution in [0.4, 0.5) is 0 Å². The largest absolute Gasteiger partial charge is 0.364 e. The summed E-state index contributed by atoms with van der Waals surface area (Å²) in [6, 6.07) is 8.27. The number of H-pyrrole nitrogens is 1. The molecule has 0 amide bonds. The summed E-state index contributed by atoms with van der Waals surface area (Å²) >= 11 is 0. The first kappa shape index (κ1) is 7.38. The Bertz CT molecular complexity index is 551. The number of rotatable bonds is 1. The van der Waals surface area contributed by atoms with Gasteiger partial charge in [0.2, 0.25) is 0 Å². The Kier molecular flexibility index (Phi) is 1.44. The minimum absolute atomic E-state index is 1.00. The lowest BCUT2D eigenvalue weighted by molar-refractivity contribution is 0.420. The Morgan fingerprint density at radius 1 is 1.14 bits per heavy atom. The number of nitrogens with one attached hydrogen (secondary N) is 1. The first-order valence-electron chi connectivity index (χ1n) is 4.40. The normalized spacial score (nSPS) is 10.9. The van der Waals surface area contributed by atoms with E-state index in [-0.39, 0.29) is 0 Å². The van der Waals surface area contributed by atoms with Gasteiger partial charge in [0.15, 0.2) is 0 Å². The maximum absolute atomic E-state index is 4.80. The molecule has 3 nitrogen and oxygen atoms in total. The van der Waals surface area contributed by atoms with Gasteiger partial charge in [0.25, 0.3) is 0 Å². The van der Waals surface area contributed by atoms with Crippen molar-refractivity contribution < 1.29 is 4.52 Å². The van der Waals surface area contributed by atoms with Crippen molar-refractivity contribution in [2.24, 2.45) is 0 Å². The molecular formula is C11H8N2O. The van der Waals surface area contributed by atoms with Crippen LogP contribution in [0.2, 0.25) is 0 Å². The second kappa shape index (κ2) is 2.73. The lowest BCUT2D eigenvalue weighted by atomic mass is 10.1. The first-order chi connectivity index (χ1) is 6.93. The van der Waals surface area contributed by atoms with E-state index in [1.54, 1.807) is 12.5 Å². The summed E-state index contributed by atoms with van der Waals surface area (Å²) in [5.41, 5.74) is 3.24. The molecule has 2 heterocycles. The van der Waals surface area contributed by atoms with E-state index in [1.807, 2.05) is 12.3 Å². The molecule has 0 atom stereocenters. The summed E-state index contributed by atoms with van der Waals surface area (Å²) in [6.45, 7) is 0. The fourth-order valence-corrected chi connectivity index (χ4v) is 1.57. The predicted molar refractivity (Wildman–Crippen MR) is 53.8 cm³/mol.